The van der Waals surface area contributed by atoms with Crippen molar-refractivity contribution in [2.75, 3.05) is 0 Å². The lowest BCUT2D eigenvalue weighted by molar-refractivity contribution is 0.853. The molecule has 2 aliphatic rings. The molecule has 0 saturated heterocycles. The lowest BCUT2D eigenvalue weighted by Crippen LogP contribution is -2.60. The van der Waals surface area contributed by atoms with E-state index in [0.717, 1.165) is 0 Å². The van der Waals surface area contributed by atoms with Crippen LogP contribution in [0, 0.1) is 0 Å². The molecule has 1 heterocycles. The summed E-state index contributed by atoms with van der Waals surface area (Å²) in [5.74, 6) is 0. The predicted molar refractivity (Wildman–Crippen MR) is 79.6 cm³/mol. The Morgan fingerprint density at radius 2 is 1.22 bits per heavy atom. The molecule has 18 heavy (non-hydrogen) atoms. The van der Waals surface area contributed by atoms with E-state index in [-0.39, 0.29) is 0 Å². The quantitative estimate of drug-likeness (QED) is 0.631. The van der Waals surface area contributed by atoms with Crippen LogP contribution in [0.5, 0.6) is 0 Å². The summed E-state index contributed by atoms with van der Waals surface area (Å²) in [5, 5.41) is 3.34. The van der Waals surface area contributed by atoms with Gasteiger partial charge in [0.2, 0.25) is 0 Å². The van der Waals surface area contributed by atoms with E-state index >= 15 is 0 Å². The highest BCUT2D eigenvalue weighted by Gasteiger charge is 2.53. The molecule has 1 spiro atoms. The minimum absolute atomic E-state index is 0.385. The second-order valence-electron chi connectivity index (χ2n) is 6.30. The highest BCUT2D eigenvalue weighted by atomic mass is 28.3. The number of benzene rings is 2. The molecule has 0 N–H and O–H groups in total. The Morgan fingerprint density at radius 1 is 0.778 bits per heavy atom. The molecule has 0 bridgehead atoms. The van der Waals surface area contributed by atoms with Crippen molar-refractivity contribution in [3.05, 3.63) is 59.7 Å². The van der Waals surface area contributed by atoms with Gasteiger partial charge < -0.3 is 0 Å². The van der Waals surface area contributed by atoms with Crippen molar-refractivity contribution in [2.24, 2.45) is 0 Å². The van der Waals surface area contributed by atoms with Gasteiger partial charge in [0.1, 0.15) is 8.07 Å². The summed E-state index contributed by atoms with van der Waals surface area (Å²) in [4.78, 5) is 0. The normalized spacial score (nSPS) is 21.2. The third kappa shape index (κ3) is 1.11. The van der Waals surface area contributed by atoms with Crippen LogP contribution in [0.15, 0.2) is 48.5 Å². The Balaban J connectivity index is 2.11. The van der Waals surface area contributed by atoms with Gasteiger partial charge in [-0.1, -0.05) is 72.0 Å². The molecule has 0 atom stereocenters. The lowest BCUT2D eigenvalue weighted by Gasteiger charge is -2.38. The summed E-state index contributed by atoms with van der Waals surface area (Å²) < 4.78 is 0. The van der Waals surface area contributed by atoms with Crippen molar-refractivity contribution >= 4 is 18.4 Å². The van der Waals surface area contributed by atoms with Crippen LogP contribution in [-0.4, -0.2) is 8.07 Å². The molecule has 1 saturated carbocycles. The van der Waals surface area contributed by atoms with E-state index in [4.69, 9.17) is 0 Å². The molecule has 90 valence electrons. The van der Waals surface area contributed by atoms with Gasteiger partial charge in [-0.25, -0.2) is 0 Å². The maximum atomic E-state index is 2.50. The SMILES string of the molecule is C[Si]1(C)c2ccccc2C2(CC2)c2ccccc21. The molecule has 1 heteroatoms. The third-order valence-corrected chi connectivity index (χ3v) is 8.55. The minimum Gasteiger partial charge on any atom is -0.0623 e. The summed E-state index contributed by atoms with van der Waals surface area (Å²) in [5.41, 5.74) is 3.66. The van der Waals surface area contributed by atoms with Crippen LogP contribution < -0.4 is 10.4 Å². The molecular weight excluding hydrogens is 232 g/mol. The molecule has 0 nitrogen and oxygen atoms in total. The van der Waals surface area contributed by atoms with Crippen molar-refractivity contribution in [2.45, 2.75) is 31.4 Å². The van der Waals surface area contributed by atoms with E-state index in [1.54, 1.807) is 21.5 Å². The van der Waals surface area contributed by atoms with Gasteiger partial charge in [-0.05, 0) is 24.0 Å². The van der Waals surface area contributed by atoms with Crippen molar-refractivity contribution in [1.29, 1.82) is 0 Å². The summed E-state index contributed by atoms with van der Waals surface area (Å²) >= 11 is 0. The van der Waals surface area contributed by atoms with E-state index in [9.17, 15) is 0 Å². The predicted octanol–water partition coefficient (Wildman–Crippen LogP) is 2.90. The Hall–Kier alpha value is -1.34. The van der Waals surface area contributed by atoms with Crippen molar-refractivity contribution < 1.29 is 0 Å². The van der Waals surface area contributed by atoms with E-state index < -0.39 is 8.07 Å². The highest BCUT2D eigenvalue weighted by molar-refractivity contribution is 7.01. The van der Waals surface area contributed by atoms with Crippen LogP contribution in [0.2, 0.25) is 13.1 Å². The first-order chi connectivity index (χ1) is 8.66. The molecule has 0 amide bonds. The molecular formula is C17H18Si. The lowest BCUT2D eigenvalue weighted by atomic mass is 9.87. The van der Waals surface area contributed by atoms with Gasteiger partial charge in [0.05, 0.1) is 0 Å². The van der Waals surface area contributed by atoms with Crippen LogP contribution in [0.25, 0.3) is 0 Å². The molecule has 2 aromatic rings. The first kappa shape index (κ1) is 10.6. The fourth-order valence-corrected chi connectivity index (χ4v) is 7.15. The van der Waals surface area contributed by atoms with Gasteiger partial charge in [-0.15, -0.1) is 0 Å². The van der Waals surface area contributed by atoms with Gasteiger partial charge in [-0.3, -0.25) is 0 Å². The minimum atomic E-state index is -1.48. The zero-order valence-electron chi connectivity index (χ0n) is 11.0. The van der Waals surface area contributed by atoms with Crippen LogP contribution in [0.4, 0.5) is 0 Å². The summed E-state index contributed by atoms with van der Waals surface area (Å²) in [6, 6.07) is 18.4. The maximum absolute atomic E-state index is 2.50. The molecule has 0 radical (unpaired) electrons. The first-order valence-electron chi connectivity index (χ1n) is 6.86. The summed E-state index contributed by atoms with van der Waals surface area (Å²) in [7, 11) is -1.48. The van der Waals surface area contributed by atoms with E-state index in [2.05, 4.69) is 61.6 Å². The number of fused-ring (bicyclic) bond motifs is 4. The van der Waals surface area contributed by atoms with Gasteiger partial charge in [0.15, 0.2) is 0 Å². The second kappa shape index (κ2) is 3.15. The van der Waals surface area contributed by atoms with Gasteiger partial charge in [-0.2, -0.15) is 0 Å². The Morgan fingerprint density at radius 3 is 1.67 bits per heavy atom. The number of hydrogen-bond donors (Lipinski definition) is 0. The first-order valence-corrected chi connectivity index (χ1v) is 9.86. The molecule has 4 rings (SSSR count). The second-order valence-corrected chi connectivity index (χ2v) is 10.6. The zero-order chi connectivity index (χ0) is 12.4. The fraction of sp³-hybridized carbons (Fsp3) is 0.294. The summed E-state index contributed by atoms with van der Waals surface area (Å²) in [6.07, 6.45) is 2.68. The molecule has 1 aliphatic carbocycles. The average molecular weight is 250 g/mol. The fourth-order valence-electron chi connectivity index (χ4n) is 3.84. The smallest absolute Gasteiger partial charge is 0.0623 e. The van der Waals surface area contributed by atoms with Crippen LogP contribution in [-0.2, 0) is 5.41 Å². The molecule has 0 aromatic heterocycles. The van der Waals surface area contributed by atoms with Gasteiger partial charge >= 0.3 is 0 Å². The van der Waals surface area contributed by atoms with Crippen LogP contribution in [0.3, 0.4) is 0 Å². The van der Waals surface area contributed by atoms with Crippen LogP contribution >= 0.6 is 0 Å². The van der Waals surface area contributed by atoms with Crippen molar-refractivity contribution in [3.63, 3.8) is 0 Å². The maximum Gasteiger partial charge on any atom is 0.113 e. The van der Waals surface area contributed by atoms with Gasteiger partial charge in [0.25, 0.3) is 0 Å². The van der Waals surface area contributed by atoms with Gasteiger partial charge in [0, 0.05) is 5.41 Å². The number of hydrogen-bond acceptors (Lipinski definition) is 0. The van der Waals surface area contributed by atoms with E-state index in [0.29, 0.717) is 5.41 Å². The summed E-state index contributed by atoms with van der Waals surface area (Å²) in [6.45, 7) is 5.00. The zero-order valence-corrected chi connectivity index (χ0v) is 12.0. The molecule has 1 aliphatic heterocycles. The number of rotatable bonds is 0. The molecule has 1 fully saturated rings. The largest absolute Gasteiger partial charge is 0.113 e. The van der Waals surface area contributed by atoms with Crippen LogP contribution in [0.1, 0.15) is 24.0 Å². The topological polar surface area (TPSA) is 0 Å². The third-order valence-electron chi connectivity index (χ3n) is 4.98. The Labute approximate surface area is 110 Å². The van der Waals surface area contributed by atoms with E-state index in [1.807, 2.05) is 0 Å². The highest BCUT2D eigenvalue weighted by Crippen LogP contribution is 2.54. The average Bonchev–Trinajstić information content (AvgIpc) is 3.19. The van der Waals surface area contributed by atoms with Crippen molar-refractivity contribution in [1.82, 2.24) is 0 Å². The monoisotopic (exact) mass is 250 g/mol. The standard InChI is InChI=1S/C17H18Si/c1-18(2)15-9-5-3-7-13(15)17(11-12-17)14-8-4-6-10-16(14)18/h3-10H,11-12H2,1-2H3. The van der Waals surface area contributed by atoms with Crippen molar-refractivity contribution in [3.8, 4) is 0 Å². The van der Waals surface area contributed by atoms with E-state index in [1.165, 1.54) is 12.8 Å². The molecule has 2 aromatic carbocycles. The molecule has 0 unspecified atom stereocenters. The Kier molecular flexibility index (Phi) is 1.85. The Bertz CT molecular complexity index is 540.